The predicted octanol–water partition coefficient (Wildman–Crippen LogP) is 31.0. The van der Waals surface area contributed by atoms with Crippen molar-refractivity contribution in [1.82, 2.24) is 0 Å². The Hall–Kier alpha value is -9.51. The highest BCUT2D eigenvalue weighted by molar-refractivity contribution is 7.97. The number of phenols is 1. The van der Waals surface area contributed by atoms with Crippen LogP contribution in [-0.4, -0.2) is 55.1 Å². The van der Waals surface area contributed by atoms with Gasteiger partial charge in [-0.05, 0) is 344 Å². The van der Waals surface area contributed by atoms with E-state index < -0.39 is 21.0 Å². The molecule has 0 amide bonds. The highest BCUT2D eigenvalue weighted by Gasteiger charge is 2.55. The fourth-order valence-electron chi connectivity index (χ4n) is 22.7. The highest BCUT2D eigenvalue weighted by Crippen LogP contribution is 2.60. The van der Waals surface area contributed by atoms with E-state index in [0.29, 0.717) is 64.9 Å². The number of hydrogen-bond donors (Lipinski definition) is 1. The number of fused-ring (bicyclic) bond motifs is 8. The Morgan fingerprint density at radius 3 is 1.40 bits per heavy atom. The fraction of sp³-hybridized carbons (Fsp3) is 0.467. The molecule has 12 nitrogen and oxygen atoms in total. The molecule has 722 valence electrons. The summed E-state index contributed by atoms with van der Waals surface area (Å²) in [7, 11) is -4.76. The third-order valence-corrected chi connectivity index (χ3v) is 34.5. The van der Waals surface area contributed by atoms with Gasteiger partial charge in [0.1, 0.15) is 38.9 Å². The van der Waals surface area contributed by atoms with Gasteiger partial charge in [0.2, 0.25) is 18.9 Å². The number of rotatable bonds is 24. The Labute approximate surface area is 816 Å². The van der Waals surface area contributed by atoms with E-state index in [1.165, 1.54) is 196 Å². The van der Waals surface area contributed by atoms with Crippen LogP contribution in [0.1, 0.15) is 315 Å². The van der Waals surface area contributed by atoms with Crippen molar-refractivity contribution in [3.63, 3.8) is 0 Å². The van der Waals surface area contributed by atoms with Gasteiger partial charge in [-0.2, -0.15) is 0 Å². The molecule has 17 unspecified atom stereocenters. The minimum absolute atomic E-state index is 0.0146. The topological polar surface area (TPSA) is 159 Å². The standard InChI is InChI=1S/C30H34O2.C27H40O2.C19H30O2.C18H15S.C17H18O5S.C11H14O/c1-19-16-24-17-25(14-15-26(24)20(19)2)31-30(22-8-4-3-5-9-22)32-28-18-23-12-6-10-21-11-7-13-27(28)29(21)23;1-3-18(2)19-12-14-22(15-13-19)28-27(20-8-5-4-6-9-20)29-26-17-21-16-25(26)24-11-7-10-23(21)24;1-12(2)20-18(19(5,6)7)21-16-8-9-17-14(4)13(3)10-15(17)11-16;1-4-10-16(11-5-1)19(17-12-6-2-7-13-17)18-14-8-3-9-15-18;1-3-12(2)13-8-10-14(11-9-13)22-17(18)15-6-4-5-7-16(15)23(19,20)21;1-7-5-9-6-10(12)3-4-11(9)8(7)2/h6-7,10-15,17,19-20,22,28,30H,3-5,8-9,16,18H2,1-2H3;12-15,18,20-21,23-27H,3-11,16-17H2,1-2H3;8-9,11-14,18H,10H2,1-7H3;1-15H;4-12H,3H2,1-2H3,(H,19,20,21);3-4,6-8,12H,5H2,1-2H3/q;;;+1;;/p-1. The molecule has 0 heterocycles. The molecular weight excluding hydrogens is 1720 g/mol. The second kappa shape index (κ2) is 46.5. The van der Waals surface area contributed by atoms with Crippen LogP contribution in [0, 0.1) is 58.7 Å². The summed E-state index contributed by atoms with van der Waals surface area (Å²) in [6, 6.07) is 85.5. The van der Waals surface area contributed by atoms with Crippen LogP contribution in [0.2, 0.25) is 0 Å². The lowest BCUT2D eigenvalue weighted by Gasteiger charge is -2.37. The molecule has 11 aromatic carbocycles. The zero-order chi connectivity index (χ0) is 95.9. The second-order valence-electron chi connectivity index (χ2n) is 42.1. The zero-order valence-electron chi connectivity index (χ0n) is 83.4. The molecule has 2 bridgehead atoms. The number of carbonyl (C=O) groups is 1. The summed E-state index contributed by atoms with van der Waals surface area (Å²) in [5.74, 6) is 12.6. The lowest BCUT2D eigenvalue weighted by Crippen LogP contribution is -2.39. The normalized spacial score (nSPS) is 23.4. The number of benzene rings is 11. The molecule has 9 aliphatic rings. The average molecular weight is 1870 g/mol. The summed E-state index contributed by atoms with van der Waals surface area (Å²) < 4.78 is 77.9. The fourth-order valence-corrected chi connectivity index (χ4v) is 25.5. The lowest BCUT2D eigenvalue weighted by molar-refractivity contribution is -0.173. The molecule has 9 aliphatic carbocycles. The Kier molecular flexibility index (Phi) is 34.5. The van der Waals surface area contributed by atoms with Crippen molar-refractivity contribution in [2.75, 3.05) is 0 Å². The van der Waals surface area contributed by atoms with Crippen molar-refractivity contribution in [2.24, 2.45) is 58.7 Å². The molecule has 0 aromatic heterocycles. The predicted molar refractivity (Wildman–Crippen MR) is 551 cm³/mol. The summed E-state index contributed by atoms with van der Waals surface area (Å²) in [6.45, 7) is 33.2. The highest BCUT2D eigenvalue weighted by atomic mass is 32.2. The number of phenolic OH excluding ortho intramolecular Hbond substituents is 1. The van der Waals surface area contributed by atoms with Crippen molar-refractivity contribution in [1.29, 1.82) is 0 Å². The third-order valence-electron chi connectivity index (χ3n) is 31.3. The van der Waals surface area contributed by atoms with Crippen LogP contribution in [0.15, 0.2) is 274 Å². The molecule has 136 heavy (non-hydrogen) atoms. The maximum atomic E-state index is 12.1. The summed E-state index contributed by atoms with van der Waals surface area (Å²) in [6.07, 6.45) is 26.8. The molecule has 0 radical (unpaired) electrons. The Morgan fingerprint density at radius 2 is 0.897 bits per heavy atom. The van der Waals surface area contributed by atoms with Crippen LogP contribution in [0.3, 0.4) is 0 Å². The maximum absolute atomic E-state index is 12.1. The van der Waals surface area contributed by atoms with Crippen molar-refractivity contribution in [3.05, 3.63) is 316 Å². The first kappa shape index (κ1) is 101. The van der Waals surface area contributed by atoms with Crippen molar-refractivity contribution in [2.45, 2.75) is 325 Å². The number of hydrogen-bond acceptors (Lipinski definition) is 12. The van der Waals surface area contributed by atoms with Gasteiger partial charge in [0.05, 0.1) is 39.7 Å². The van der Waals surface area contributed by atoms with Crippen molar-refractivity contribution >= 4 is 37.8 Å². The van der Waals surface area contributed by atoms with Crippen LogP contribution in [0.25, 0.3) is 10.8 Å². The number of esters is 1. The van der Waals surface area contributed by atoms with Gasteiger partial charge in [-0.25, -0.2) is 13.2 Å². The minimum Gasteiger partial charge on any atom is -0.744 e. The molecule has 11 aromatic rings. The van der Waals surface area contributed by atoms with Crippen molar-refractivity contribution in [3.8, 4) is 28.7 Å². The first-order valence-electron chi connectivity index (χ1n) is 51.4. The van der Waals surface area contributed by atoms with E-state index >= 15 is 0 Å². The van der Waals surface area contributed by atoms with Gasteiger partial charge in [-0.1, -0.05) is 281 Å². The summed E-state index contributed by atoms with van der Waals surface area (Å²) >= 11 is 0. The first-order valence-corrected chi connectivity index (χ1v) is 54.1. The maximum Gasteiger partial charge on any atom is 0.344 e. The van der Waals surface area contributed by atoms with Crippen molar-refractivity contribution < 1.29 is 56.0 Å². The second-order valence-corrected chi connectivity index (χ2v) is 45.5. The molecule has 1 N–H and O–H groups in total. The van der Waals surface area contributed by atoms with E-state index in [9.17, 15) is 22.9 Å². The van der Waals surface area contributed by atoms with Gasteiger partial charge in [-0.3, -0.25) is 0 Å². The lowest BCUT2D eigenvalue weighted by atomic mass is 9.80. The van der Waals surface area contributed by atoms with Crippen LogP contribution in [0.5, 0.6) is 28.7 Å². The number of ether oxygens (including phenoxy) is 7. The Balaban J connectivity index is 0.000000127. The molecular formula is C122H150O12S2. The largest absolute Gasteiger partial charge is 0.744 e. The summed E-state index contributed by atoms with van der Waals surface area (Å²) in [4.78, 5) is 15.6. The number of aromatic hydroxyl groups is 1. The van der Waals surface area contributed by atoms with Crippen LogP contribution in [0.4, 0.5) is 0 Å². The van der Waals surface area contributed by atoms with Gasteiger partial charge in [0.15, 0.2) is 14.7 Å². The van der Waals surface area contributed by atoms with Gasteiger partial charge in [0.25, 0.3) is 0 Å². The van der Waals surface area contributed by atoms with E-state index in [4.69, 9.17) is 33.2 Å². The molecule has 0 saturated heterocycles. The smallest absolute Gasteiger partial charge is 0.344 e. The SMILES string of the molecule is CC(C)OC(Oc1ccc2c(c1)CC(C)C2C)C(C)(C)C.CC1Cc2cc(O)ccc2C1C.CC1Cc2cc(OC(OC3Cc4cccc5cccc3c45)C3CCCCC3)ccc2C1C.CCC(C)c1ccc(OC(=O)c2ccccc2S(=O)(=O)[O-])cc1.CCC(C)c1ccc(OC(OC2CC3CC2C2CCCC32)C2CCCCC2)cc1.c1ccc([S+](c2ccccc2)c2ccccc2)cc1. The zero-order valence-corrected chi connectivity index (χ0v) is 85.0. The summed E-state index contributed by atoms with van der Waals surface area (Å²) in [5.41, 5.74) is 13.6. The van der Waals surface area contributed by atoms with Crippen LogP contribution >= 0.6 is 0 Å². The van der Waals surface area contributed by atoms with E-state index in [0.717, 1.165) is 96.5 Å². The molecule has 5 saturated carbocycles. The van der Waals surface area contributed by atoms with E-state index in [1.807, 2.05) is 32.0 Å². The Morgan fingerprint density at radius 1 is 0.441 bits per heavy atom. The van der Waals surface area contributed by atoms with Crippen LogP contribution in [-0.2, 0) is 60.9 Å². The molecule has 0 aliphatic heterocycles. The van der Waals surface area contributed by atoms with E-state index in [1.54, 1.807) is 18.2 Å². The quantitative estimate of drug-likeness (QED) is 0.0201. The van der Waals surface area contributed by atoms with E-state index in [-0.39, 0.29) is 53.0 Å². The van der Waals surface area contributed by atoms with Gasteiger partial charge in [-0.15, -0.1) is 0 Å². The molecule has 0 spiro atoms. The third kappa shape index (κ3) is 25.2. The minimum atomic E-state index is -4.74. The molecule has 14 heteroatoms. The monoisotopic (exact) mass is 1870 g/mol. The average Bonchev–Trinajstić information content (AvgIpc) is 1.59. The first-order chi connectivity index (χ1) is 65.5. The van der Waals surface area contributed by atoms with Gasteiger partial charge >= 0.3 is 5.97 Å². The Bertz CT molecular complexity index is 5690. The van der Waals surface area contributed by atoms with Crippen LogP contribution < -0.4 is 18.9 Å². The molecule has 5 fully saturated rings. The summed E-state index contributed by atoms with van der Waals surface area (Å²) in [5, 5.41) is 12.0. The molecule has 17 atom stereocenters. The van der Waals surface area contributed by atoms with Gasteiger partial charge in [0, 0.05) is 23.7 Å². The number of carbonyl (C=O) groups excluding carboxylic acids is 1. The molecule has 20 rings (SSSR count). The van der Waals surface area contributed by atoms with Gasteiger partial charge < -0.3 is 42.8 Å². The van der Waals surface area contributed by atoms with E-state index in [2.05, 4.69) is 284 Å².